The van der Waals surface area contributed by atoms with Gasteiger partial charge in [-0.2, -0.15) is 14.4 Å². The van der Waals surface area contributed by atoms with Crippen LogP contribution in [0.4, 0.5) is 10.2 Å². The Balaban J connectivity index is 1.69. The molecule has 3 heterocycles. The molecule has 2 aromatic heterocycles. The summed E-state index contributed by atoms with van der Waals surface area (Å²) < 4.78 is 32.9. The fourth-order valence-electron chi connectivity index (χ4n) is 4.67. The predicted octanol–water partition coefficient (Wildman–Crippen LogP) is 5.01. The number of nitrogens with two attached hydrogens (primary N) is 1. The van der Waals surface area contributed by atoms with Crippen LogP contribution in [0.25, 0.3) is 11.2 Å². The van der Waals surface area contributed by atoms with Gasteiger partial charge in [-0.05, 0) is 12.8 Å². The fourth-order valence-corrected chi connectivity index (χ4v) is 4.67. The van der Waals surface area contributed by atoms with Gasteiger partial charge in [0.25, 0.3) is 0 Å². The standard InChI is InChI=1S/C28H40FN5O5/c1-4-7-9-10-11-12-13-14-16-23(36)38-20-17-21(34-19-31-24-25(30)32-27(29)33-26(24)34)39-28(20,6-3)18-37-22(35)15-8-5-2/h3,19-21H,4-5,7-18H2,1-2H3,(H2,30,32,33). The van der Waals surface area contributed by atoms with E-state index in [0.29, 0.717) is 12.8 Å². The van der Waals surface area contributed by atoms with Crippen molar-refractivity contribution in [2.75, 3.05) is 12.3 Å². The Bertz CT molecular complexity index is 1150. The molecular weight excluding hydrogens is 505 g/mol. The zero-order chi connectivity index (χ0) is 28.3. The van der Waals surface area contributed by atoms with E-state index in [0.717, 1.165) is 25.7 Å². The SMILES string of the molecule is C#CC1(COC(=O)CCCC)OC(n2cnc3c(N)nc(F)nc32)CC1OC(=O)CCCCCCCCCC. The minimum absolute atomic E-state index is 0.113. The van der Waals surface area contributed by atoms with E-state index in [-0.39, 0.29) is 42.9 Å². The highest BCUT2D eigenvalue weighted by Crippen LogP contribution is 2.40. The Morgan fingerprint density at radius 1 is 1.10 bits per heavy atom. The second-order valence-corrected chi connectivity index (χ2v) is 10.0. The maximum atomic E-state index is 13.9. The molecule has 1 aliphatic rings. The van der Waals surface area contributed by atoms with Crippen LogP contribution in [0.2, 0.25) is 0 Å². The monoisotopic (exact) mass is 545 g/mol. The van der Waals surface area contributed by atoms with Crippen molar-refractivity contribution in [1.82, 2.24) is 19.5 Å². The number of nitrogen functional groups attached to an aromatic ring is 1. The lowest BCUT2D eigenvalue weighted by Gasteiger charge is -2.28. The molecule has 0 saturated carbocycles. The first kappa shape index (κ1) is 30.3. The number of nitrogens with zero attached hydrogens (tertiary/aromatic N) is 4. The van der Waals surface area contributed by atoms with Crippen LogP contribution in [0.15, 0.2) is 6.33 Å². The van der Waals surface area contributed by atoms with E-state index >= 15 is 0 Å². The lowest BCUT2D eigenvalue weighted by Crippen LogP contribution is -2.45. The van der Waals surface area contributed by atoms with Gasteiger partial charge in [0.1, 0.15) is 18.9 Å². The van der Waals surface area contributed by atoms with Crippen molar-refractivity contribution < 1.29 is 28.2 Å². The van der Waals surface area contributed by atoms with Gasteiger partial charge in [0.2, 0.25) is 5.60 Å². The lowest BCUT2D eigenvalue weighted by atomic mass is 9.98. The molecule has 0 radical (unpaired) electrons. The molecule has 1 saturated heterocycles. The topological polar surface area (TPSA) is 131 Å². The Kier molecular flexibility index (Phi) is 11.5. The molecule has 2 N–H and O–H groups in total. The minimum Gasteiger partial charge on any atom is -0.461 e. The number of carbonyl (C=O) groups excluding carboxylic acids is 2. The van der Waals surface area contributed by atoms with Crippen molar-refractivity contribution in [3.05, 3.63) is 12.4 Å². The minimum atomic E-state index is -1.53. The molecule has 3 unspecified atom stereocenters. The summed E-state index contributed by atoms with van der Waals surface area (Å²) in [5.74, 6) is 1.63. The maximum absolute atomic E-state index is 13.9. The van der Waals surface area contributed by atoms with Gasteiger partial charge in [-0.1, -0.05) is 71.1 Å². The molecule has 2 aromatic rings. The molecule has 10 nitrogen and oxygen atoms in total. The molecule has 11 heteroatoms. The molecule has 214 valence electrons. The first-order valence-electron chi connectivity index (χ1n) is 14.0. The van der Waals surface area contributed by atoms with Crippen LogP contribution < -0.4 is 5.73 Å². The highest BCUT2D eigenvalue weighted by atomic mass is 19.1. The van der Waals surface area contributed by atoms with Crippen molar-refractivity contribution in [2.24, 2.45) is 0 Å². The Labute approximate surface area is 229 Å². The third-order valence-electron chi connectivity index (χ3n) is 6.95. The van der Waals surface area contributed by atoms with Crippen LogP contribution in [-0.4, -0.2) is 49.8 Å². The molecule has 3 rings (SSSR count). The Morgan fingerprint density at radius 3 is 2.46 bits per heavy atom. The number of rotatable bonds is 16. The first-order chi connectivity index (χ1) is 18.8. The third kappa shape index (κ3) is 8.12. The van der Waals surface area contributed by atoms with Gasteiger partial charge in [0, 0.05) is 19.3 Å². The highest BCUT2D eigenvalue weighted by Gasteiger charge is 2.52. The zero-order valence-corrected chi connectivity index (χ0v) is 23.0. The smallest absolute Gasteiger partial charge is 0.312 e. The Morgan fingerprint density at radius 2 is 1.77 bits per heavy atom. The third-order valence-corrected chi connectivity index (χ3v) is 6.95. The number of anilines is 1. The van der Waals surface area contributed by atoms with Crippen molar-refractivity contribution >= 4 is 28.9 Å². The number of fused-ring (bicyclic) bond motifs is 1. The van der Waals surface area contributed by atoms with Gasteiger partial charge in [0.15, 0.2) is 17.0 Å². The van der Waals surface area contributed by atoms with Crippen LogP contribution >= 0.6 is 0 Å². The van der Waals surface area contributed by atoms with E-state index in [1.165, 1.54) is 36.6 Å². The summed E-state index contributed by atoms with van der Waals surface area (Å²) in [5, 5.41) is 0. The highest BCUT2D eigenvalue weighted by molar-refractivity contribution is 5.81. The number of halogens is 1. The largest absolute Gasteiger partial charge is 0.461 e. The molecule has 1 fully saturated rings. The van der Waals surface area contributed by atoms with Crippen molar-refractivity contribution in [2.45, 2.75) is 115 Å². The second kappa shape index (κ2) is 14.8. The molecule has 39 heavy (non-hydrogen) atoms. The first-order valence-corrected chi connectivity index (χ1v) is 14.0. The number of esters is 2. The van der Waals surface area contributed by atoms with Crippen LogP contribution in [0.5, 0.6) is 0 Å². The molecule has 0 aromatic carbocycles. The maximum Gasteiger partial charge on any atom is 0.312 e. The number of unbranched alkanes of at least 4 members (excludes halogenated alkanes) is 8. The van der Waals surface area contributed by atoms with Gasteiger partial charge in [-0.3, -0.25) is 14.2 Å². The number of hydrogen-bond acceptors (Lipinski definition) is 9. The van der Waals surface area contributed by atoms with Crippen LogP contribution in [0.1, 0.15) is 104 Å². The lowest BCUT2D eigenvalue weighted by molar-refractivity contribution is -0.166. The van der Waals surface area contributed by atoms with Crippen LogP contribution in [0.3, 0.4) is 0 Å². The van der Waals surface area contributed by atoms with Crippen molar-refractivity contribution in [3.63, 3.8) is 0 Å². The molecule has 0 spiro atoms. The molecule has 0 bridgehead atoms. The predicted molar refractivity (Wildman–Crippen MR) is 144 cm³/mol. The fraction of sp³-hybridized carbons (Fsp3) is 0.679. The summed E-state index contributed by atoms with van der Waals surface area (Å²) in [6, 6.07) is 0. The summed E-state index contributed by atoms with van der Waals surface area (Å²) in [5.41, 5.74) is 4.58. The van der Waals surface area contributed by atoms with Crippen molar-refractivity contribution in [1.29, 1.82) is 0 Å². The van der Waals surface area contributed by atoms with Gasteiger partial charge >= 0.3 is 18.0 Å². The van der Waals surface area contributed by atoms with E-state index < -0.39 is 35.9 Å². The van der Waals surface area contributed by atoms with Gasteiger partial charge in [-0.15, -0.1) is 6.42 Å². The summed E-state index contributed by atoms with van der Waals surface area (Å²) in [4.78, 5) is 36.5. The van der Waals surface area contributed by atoms with Gasteiger partial charge in [0.05, 0.1) is 6.33 Å². The summed E-state index contributed by atoms with van der Waals surface area (Å²) in [6.45, 7) is 3.87. The number of ether oxygens (including phenoxy) is 3. The van der Waals surface area contributed by atoms with E-state index in [9.17, 15) is 14.0 Å². The zero-order valence-electron chi connectivity index (χ0n) is 23.0. The molecule has 1 aliphatic heterocycles. The van der Waals surface area contributed by atoms with E-state index in [1.54, 1.807) is 0 Å². The number of carbonyl (C=O) groups is 2. The summed E-state index contributed by atoms with van der Waals surface area (Å²) >= 11 is 0. The van der Waals surface area contributed by atoms with Gasteiger partial charge < -0.3 is 19.9 Å². The van der Waals surface area contributed by atoms with Crippen molar-refractivity contribution in [3.8, 4) is 12.3 Å². The van der Waals surface area contributed by atoms with Crippen LogP contribution in [-0.2, 0) is 23.8 Å². The number of aromatic nitrogens is 4. The number of imidazole rings is 1. The number of hydrogen-bond donors (Lipinski definition) is 1. The van der Waals surface area contributed by atoms with E-state index in [2.05, 4.69) is 27.8 Å². The average molecular weight is 546 g/mol. The summed E-state index contributed by atoms with van der Waals surface area (Å²) in [6.07, 6.45) is 15.5. The molecule has 0 aliphatic carbocycles. The van der Waals surface area contributed by atoms with Gasteiger partial charge in [-0.25, -0.2) is 4.98 Å². The van der Waals surface area contributed by atoms with E-state index in [4.69, 9.17) is 26.4 Å². The van der Waals surface area contributed by atoms with Crippen LogP contribution in [0, 0.1) is 18.4 Å². The Hall–Kier alpha value is -3.26. The second-order valence-electron chi connectivity index (χ2n) is 10.0. The molecule has 3 atom stereocenters. The summed E-state index contributed by atoms with van der Waals surface area (Å²) in [7, 11) is 0. The molecule has 0 amide bonds. The molecular formula is C28H40FN5O5. The van der Waals surface area contributed by atoms with E-state index in [1.807, 2.05) is 6.92 Å². The quantitative estimate of drug-likeness (QED) is 0.134. The average Bonchev–Trinajstić information content (AvgIpc) is 3.49. The normalized spacial score (nSPS) is 20.7. The number of terminal acetylenes is 1.